The molecule has 1 N–H and O–H groups in total. The van der Waals surface area contributed by atoms with Gasteiger partial charge in [-0.15, -0.1) is 0 Å². The monoisotopic (exact) mass is 338 g/mol. The third kappa shape index (κ3) is 3.61. The van der Waals surface area contributed by atoms with Crippen LogP contribution >= 0.6 is 15.9 Å². The van der Waals surface area contributed by atoms with Crippen molar-refractivity contribution in [3.05, 3.63) is 28.2 Å². The Morgan fingerprint density at radius 2 is 2.00 bits per heavy atom. The van der Waals surface area contributed by atoms with Gasteiger partial charge in [0.05, 0.1) is 6.54 Å². The first-order valence-corrected chi connectivity index (χ1v) is 7.99. The molecule has 1 aromatic rings. The second-order valence-corrected chi connectivity index (χ2v) is 6.77. The molecular formula is C16H23BrN2O. The maximum absolute atomic E-state index is 9.82. The summed E-state index contributed by atoms with van der Waals surface area (Å²) in [6.07, 6.45) is 8.13. The maximum Gasteiger partial charge on any atom is 0.124 e. The van der Waals surface area contributed by atoms with E-state index in [0.29, 0.717) is 0 Å². The predicted molar refractivity (Wildman–Crippen MR) is 87.8 cm³/mol. The van der Waals surface area contributed by atoms with Crippen LogP contribution < -0.4 is 0 Å². The molecule has 1 aromatic carbocycles. The lowest BCUT2D eigenvalue weighted by Crippen LogP contribution is -2.48. The fraction of sp³-hybridized carbons (Fsp3) is 0.562. The zero-order valence-electron chi connectivity index (χ0n) is 12.3. The van der Waals surface area contributed by atoms with Crippen molar-refractivity contribution in [2.75, 3.05) is 20.6 Å². The van der Waals surface area contributed by atoms with Gasteiger partial charge in [0.15, 0.2) is 0 Å². The van der Waals surface area contributed by atoms with Crippen LogP contribution in [0.15, 0.2) is 27.7 Å². The summed E-state index contributed by atoms with van der Waals surface area (Å²) in [6.45, 7) is 0.798. The van der Waals surface area contributed by atoms with E-state index in [9.17, 15) is 5.11 Å². The largest absolute Gasteiger partial charge is 0.507 e. The van der Waals surface area contributed by atoms with E-state index >= 15 is 0 Å². The van der Waals surface area contributed by atoms with Crippen molar-refractivity contribution in [2.24, 2.45) is 4.99 Å². The number of aromatic hydroxyl groups is 1. The molecule has 0 atom stereocenters. The zero-order valence-corrected chi connectivity index (χ0v) is 13.9. The van der Waals surface area contributed by atoms with Gasteiger partial charge < -0.3 is 10.0 Å². The molecule has 110 valence electrons. The SMILES string of the molecule is CN(C)C1(CN=Cc2cc(Br)ccc2O)CCCCC1. The van der Waals surface area contributed by atoms with E-state index in [-0.39, 0.29) is 11.3 Å². The fourth-order valence-electron chi connectivity index (χ4n) is 2.90. The Balaban J connectivity index is 2.09. The second kappa shape index (κ2) is 6.72. The molecule has 0 unspecified atom stereocenters. The molecule has 0 aromatic heterocycles. The highest BCUT2D eigenvalue weighted by atomic mass is 79.9. The summed E-state index contributed by atoms with van der Waals surface area (Å²) in [5.41, 5.74) is 0.959. The molecule has 0 spiro atoms. The third-order valence-corrected chi connectivity index (χ3v) is 4.83. The van der Waals surface area contributed by atoms with E-state index in [1.54, 1.807) is 12.3 Å². The fourth-order valence-corrected chi connectivity index (χ4v) is 3.28. The molecule has 0 aliphatic heterocycles. The van der Waals surface area contributed by atoms with Crippen LogP contribution in [-0.4, -0.2) is 42.4 Å². The summed E-state index contributed by atoms with van der Waals surface area (Å²) in [4.78, 5) is 6.94. The maximum atomic E-state index is 9.82. The topological polar surface area (TPSA) is 35.8 Å². The summed E-state index contributed by atoms with van der Waals surface area (Å²) in [5, 5.41) is 9.82. The Morgan fingerprint density at radius 1 is 1.30 bits per heavy atom. The van der Waals surface area contributed by atoms with E-state index < -0.39 is 0 Å². The highest BCUT2D eigenvalue weighted by Crippen LogP contribution is 2.32. The lowest BCUT2D eigenvalue weighted by atomic mass is 9.81. The van der Waals surface area contributed by atoms with Gasteiger partial charge in [-0.3, -0.25) is 4.99 Å². The zero-order chi connectivity index (χ0) is 14.6. The molecule has 0 amide bonds. The number of likely N-dealkylation sites (N-methyl/N-ethyl adjacent to an activating group) is 1. The van der Waals surface area contributed by atoms with Crippen molar-refractivity contribution in [1.82, 2.24) is 4.90 Å². The minimum absolute atomic E-state index is 0.191. The summed E-state index contributed by atoms with van der Waals surface area (Å²) < 4.78 is 0.955. The minimum atomic E-state index is 0.191. The van der Waals surface area contributed by atoms with Gasteiger partial charge in [-0.1, -0.05) is 35.2 Å². The number of hydrogen-bond acceptors (Lipinski definition) is 3. The number of benzene rings is 1. The first-order valence-electron chi connectivity index (χ1n) is 7.19. The molecule has 1 aliphatic rings. The van der Waals surface area contributed by atoms with Gasteiger partial charge >= 0.3 is 0 Å². The first-order chi connectivity index (χ1) is 9.53. The van der Waals surface area contributed by atoms with Crippen LogP contribution in [0.1, 0.15) is 37.7 Å². The molecule has 3 nitrogen and oxygen atoms in total. The molecule has 0 saturated heterocycles. The average molecular weight is 339 g/mol. The van der Waals surface area contributed by atoms with Gasteiger partial charge in [0.1, 0.15) is 5.75 Å². The van der Waals surface area contributed by atoms with E-state index in [4.69, 9.17) is 0 Å². The van der Waals surface area contributed by atoms with Crippen LogP contribution in [-0.2, 0) is 0 Å². The number of aliphatic imine (C=N–C) groups is 1. The molecule has 0 radical (unpaired) electrons. The number of phenols is 1. The van der Waals surface area contributed by atoms with Crippen LogP contribution in [0.3, 0.4) is 0 Å². The molecule has 20 heavy (non-hydrogen) atoms. The number of phenolic OH excluding ortho intramolecular Hbond substituents is 1. The summed E-state index contributed by atoms with van der Waals surface area (Å²) in [6, 6.07) is 5.41. The van der Waals surface area contributed by atoms with E-state index in [0.717, 1.165) is 16.6 Å². The number of hydrogen-bond donors (Lipinski definition) is 1. The number of rotatable bonds is 4. The number of nitrogens with zero attached hydrogens (tertiary/aromatic N) is 2. The lowest BCUT2D eigenvalue weighted by Gasteiger charge is -2.41. The predicted octanol–water partition coefficient (Wildman–Crippen LogP) is 3.84. The summed E-state index contributed by atoms with van der Waals surface area (Å²) in [7, 11) is 4.30. The second-order valence-electron chi connectivity index (χ2n) is 5.85. The van der Waals surface area contributed by atoms with Crippen LogP contribution in [0, 0.1) is 0 Å². The van der Waals surface area contributed by atoms with Crippen LogP contribution in [0.25, 0.3) is 0 Å². The van der Waals surface area contributed by atoms with Crippen LogP contribution in [0.2, 0.25) is 0 Å². The Labute approximate surface area is 129 Å². The molecular weight excluding hydrogens is 316 g/mol. The Bertz CT molecular complexity index is 479. The molecule has 1 fully saturated rings. The van der Waals surface area contributed by atoms with Crippen molar-refractivity contribution in [3.63, 3.8) is 0 Å². The van der Waals surface area contributed by atoms with Gasteiger partial charge in [-0.05, 0) is 45.1 Å². The summed E-state index contributed by atoms with van der Waals surface area (Å²) in [5.74, 6) is 0.277. The molecule has 0 bridgehead atoms. The Hall–Kier alpha value is -0.870. The van der Waals surface area contributed by atoms with E-state index in [1.165, 1.54) is 32.1 Å². The normalized spacial score (nSPS) is 18.8. The highest BCUT2D eigenvalue weighted by Gasteiger charge is 2.33. The van der Waals surface area contributed by atoms with Crippen molar-refractivity contribution >= 4 is 22.1 Å². The quantitative estimate of drug-likeness (QED) is 0.846. The van der Waals surface area contributed by atoms with E-state index in [2.05, 4.69) is 39.9 Å². The molecule has 1 saturated carbocycles. The number of halogens is 1. The molecule has 1 aliphatic carbocycles. The molecule has 4 heteroatoms. The van der Waals surface area contributed by atoms with Crippen molar-refractivity contribution in [3.8, 4) is 5.75 Å². The Kier molecular flexibility index (Phi) is 5.22. The van der Waals surface area contributed by atoms with Crippen molar-refractivity contribution < 1.29 is 5.11 Å². The van der Waals surface area contributed by atoms with Gasteiger partial charge in [0, 0.05) is 21.8 Å². The summed E-state index contributed by atoms with van der Waals surface area (Å²) >= 11 is 3.42. The van der Waals surface area contributed by atoms with Gasteiger partial charge in [0.25, 0.3) is 0 Å². The standard InChI is InChI=1S/C16H23BrN2O/c1-19(2)16(8-4-3-5-9-16)12-18-11-13-10-14(17)6-7-15(13)20/h6-7,10-11,20H,3-5,8-9,12H2,1-2H3. The molecule has 2 rings (SSSR count). The van der Waals surface area contributed by atoms with E-state index in [1.807, 2.05) is 12.1 Å². The van der Waals surface area contributed by atoms with Crippen molar-refractivity contribution in [1.29, 1.82) is 0 Å². The van der Waals surface area contributed by atoms with Crippen LogP contribution in [0.5, 0.6) is 5.75 Å². The smallest absolute Gasteiger partial charge is 0.124 e. The van der Waals surface area contributed by atoms with Gasteiger partial charge in [0.2, 0.25) is 0 Å². The third-order valence-electron chi connectivity index (χ3n) is 4.34. The van der Waals surface area contributed by atoms with Crippen LogP contribution in [0.4, 0.5) is 0 Å². The first kappa shape index (κ1) is 15.5. The highest BCUT2D eigenvalue weighted by molar-refractivity contribution is 9.10. The minimum Gasteiger partial charge on any atom is -0.507 e. The molecule has 0 heterocycles. The Morgan fingerprint density at radius 3 is 2.65 bits per heavy atom. The van der Waals surface area contributed by atoms with Gasteiger partial charge in [-0.2, -0.15) is 0 Å². The lowest BCUT2D eigenvalue weighted by molar-refractivity contribution is 0.110. The van der Waals surface area contributed by atoms with Crippen molar-refractivity contribution in [2.45, 2.75) is 37.6 Å². The average Bonchev–Trinajstić information content (AvgIpc) is 2.43. The van der Waals surface area contributed by atoms with Gasteiger partial charge in [-0.25, -0.2) is 0 Å².